The van der Waals surface area contributed by atoms with Gasteiger partial charge in [0, 0.05) is 11.8 Å². The van der Waals surface area contributed by atoms with E-state index in [0.717, 1.165) is 12.8 Å². The number of hydrogen-bond donors (Lipinski definition) is 1. The van der Waals surface area contributed by atoms with Gasteiger partial charge >= 0.3 is 5.97 Å². The molecular formula is C9H12Br2O3. The second-order valence-corrected chi connectivity index (χ2v) is 5.25. The van der Waals surface area contributed by atoms with Crippen LogP contribution < -0.4 is 0 Å². The van der Waals surface area contributed by atoms with Crippen molar-refractivity contribution in [2.75, 3.05) is 0 Å². The highest BCUT2D eigenvalue weighted by molar-refractivity contribution is 9.12. The van der Waals surface area contributed by atoms with E-state index in [-0.39, 0.29) is 4.83 Å². The van der Waals surface area contributed by atoms with Crippen LogP contribution in [-0.2, 0) is 9.53 Å². The molecule has 0 saturated heterocycles. The Hall–Kier alpha value is 0.130. The first-order valence-corrected chi connectivity index (χ1v) is 6.11. The number of alkyl halides is 1. The minimum atomic E-state index is -1.51. The van der Waals surface area contributed by atoms with Crippen molar-refractivity contribution in [3.63, 3.8) is 0 Å². The third-order valence-corrected chi connectivity index (χ3v) is 4.09. The zero-order chi connectivity index (χ0) is 10.9. The van der Waals surface area contributed by atoms with Gasteiger partial charge in [-0.15, -0.1) is 0 Å². The smallest absolute Gasteiger partial charge is 0.339 e. The molecule has 1 rings (SSSR count). The zero-order valence-corrected chi connectivity index (χ0v) is 11.2. The van der Waals surface area contributed by atoms with Gasteiger partial charge in [0.05, 0.1) is 10.1 Å². The number of esters is 1. The van der Waals surface area contributed by atoms with Crippen LogP contribution in [0.2, 0.25) is 0 Å². The molecular weight excluding hydrogens is 316 g/mol. The van der Waals surface area contributed by atoms with Gasteiger partial charge in [-0.25, -0.2) is 4.79 Å². The van der Waals surface area contributed by atoms with Gasteiger partial charge in [-0.3, -0.25) is 0 Å². The van der Waals surface area contributed by atoms with Crippen molar-refractivity contribution in [2.24, 2.45) is 0 Å². The molecule has 0 amide bonds. The van der Waals surface area contributed by atoms with E-state index >= 15 is 0 Å². The first-order valence-electron chi connectivity index (χ1n) is 4.40. The fraction of sp³-hybridized carbons (Fsp3) is 0.667. The van der Waals surface area contributed by atoms with E-state index in [1.165, 1.54) is 6.92 Å². The standard InChI is InChI=1S/C9H12Br2O3/c1-3-4-5(10)6-7(11)9(2,13)14-8(6)12/h5,13H,3-4H2,1-2H3. The third kappa shape index (κ3) is 2.20. The van der Waals surface area contributed by atoms with E-state index in [1.54, 1.807) is 0 Å². The van der Waals surface area contributed by atoms with Crippen molar-refractivity contribution >= 4 is 37.8 Å². The molecule has 0 spiro atoms. The minimum Gasteiger partial charge on any atom is -0.425 e. The fourth-order valence-corrected chi connectivity index (χ4v) is 2.98. The summed E-state index contributed by atoms with van der Waals surface area (Å²) in [7, 11) is 0. The summed E-state index contributed by atoms with van der Waals surface area (Å²) < 4.78 is 5.23. The third-order valence-electron chi connectivity index (χ3n) is 2.01. The maximum Gasteiger partial charge on any atom is 0.339 e. The van der Waals surface area contributed by atoms with Crippen LogP contribution in [0.4, 0.5) is 0 Å². The molecule has 2 atom stereocenters. The van der Waals surface area contributed by atoms with Crippen LogP contribution >= 0.6 is 31.9 Å². The van der Waals surface area contributed by atoms with Crippen molar-refractivity contribution in [2.45, 2.75) is 37.3 Å². The van der Waals surface area contributed by atoms with Gasteiger partial charge in [0.1, 0.15) is 0 Å². The van der Waals surface area contributed by atoms with Crippen molar-refractivity contribution in [3.8, 4) is 0 Å². The van der Waals surface area contributed by atoms with Gasteiger partial charge < -0.3 is 9.84 Å². The van der Waals surface area contributed by atoms with E-state index in [1.807, 2.05) is 6.92 Å². The molecule has 0 radical (unpaired) electrons. The zero-order valence-electron chi connectivity index (χ0n) is 8.01. The monoisotopic (exact) mass is 326 g/mol. The van der Waals surface area contributed by atoms with Gasteiger partial charge in [-0.05, 0) is 22.4 Å². The first-order chi connectivity index (χ1) is 6.40. The van der Waals surface area contributed by atoms with E-state index in [4.69, 9.17) is 4.74 Å². The Morgan fingerprint density at radius 1 is 1.64 bits per heavy atom. The van der Waals surface area contributed by atoms with E-state index in [2.05, 4.69) is 31.9 Å². The summed E-state index contributed by atoms with van der Waals surface area (Å²) in [5.41, 5.74) is 0.483. The summed E-state index contributed by atoms with van der Waals surface area (Å²) in [6.45, 7) is 3.47. The average Bonchev–Trinajstić information content (AvgIpc) is 2.22. The van der Waals surface area contributed by atoms with E-state index in [9.17, 15) is 9.90 Å². The maximum absolute atomic E-state index is 11.4. The molecule has 0 saturated carbocycles. The molecule has 1 aliphatic heterocycles. The molecule has 2 unspecified atom stereocenters. The molecule has 0 fully saturated rings. The largest absolute Gasteiger partial charge is 0.425 e. The lowest BCUT2D eigenvalue weighted by molar-refractivity contribution is -0.173. The van der Waals surface area contributed by atoms with Crippen molar-refractivity contribution in [3.05, 3.63) is 10.1 Å². The number of rotatable bonds is 3. The van der Waals surface area contributed by atoms with Crippen LogP contribution in [0.25, 0.3) is 0 Å². The fourth-order valence-electron chi connectivity index (χ4n) is 1.28. The summed E-state index contributed by atoms with van der Waals surface area (Å²) in [6, 6.07) is 0. The Labute approximate surface area is 99.8 Å². The Kier molecular flexibility index (Phi) is 3.77. The highest BCUT2D eigenvalue weighted by atomic mass is 79.9. The summed E-state index contributed by atoms with van der Waals surface area (Å²) in [5.74, 6) is -1.97. The van der Waals surface area contributed by atoms with Crippen LogP contribution in [0.5, 0.6) is 0 Å². The number of ether oxygens (including phenoxy) is 1. The lowest BCUT2D eigenvalue weighted by atomic mass is 10.1. The van der Waals surface area contributed by atoms with Crippen LogP contribution in [0.1, 0.15) is 26.7 Å². The van der Waals surface area contributed by atoms with Gasteiger partial charge in [-0.2, -0.15) is 0 Å². The molecule has 5 heteroatoms. The molecule has 0 aromatic rings. The molecule has 1 N–H and O–H groups in total. The van der Waals surface area contributed by atoms with Crippen molar-refractivity contribution in [1.29, 1.82) is 0 Å². The number of carbonyl (C=O) groups excluding carboxylic acids is 1. The lowest BCUT2D eigenvalue weighted by Gasteiger charge is -2.14. The Morgan fingerprint density at radius 3 is 2.57 bits per heavy atom. The summed E-state index contributed by atoms with van der Waals surface area (Å²) in [5, 5.41) is 9.65. The van der Waals surface area contributed by atoms with E-state index < -0.39 is 11.8 Å². The predicted molar refractivity (Wildman–Crippen MR) is 60.3 cm³/mol. The van der Waals surface area contributed by atoms with Gasteiger partial charge in [0.25, 0.3) is 0 Å². The number of aliphatic hydroxyl groups is 1. The van der Waals surface area contributed by atoms with Gasteiger partial charge in [0.2, 0.25) is 5.79 Å². The minimum absolute atomic E-state index is 0.0663. The molecule has 80 valence electrons. The molecule has 0 aromatic carbocycles. The van der Waals surface area contributed by atoms with Crippen molar-refractivity contribution < 1.29 is 14.6 Å². The second kappa shape index (κ2) is 4.33. The highest BCUT2D eigenvalue weighted by Gasteiger charge is 2.43. The number of cyclic esters (lactones) is 1. The topological polar surface area (TPSA) is 46.5 Å². The second-order valence-electron chi connectivity index (χ2n) is 3.36. The van der Waals surface area contributed by atoms with Crippen LogP contribution in [0, 0.1) is 0 Å². The molecule has 0 bridgehead atoms. The Balaban J connectivity index is 2.96. The number of carbonyl (C=O) groups is 1. The summed E-state index contributed by atoms with van der Waals surface area (Å²) in [4.78, 5) is 11.4. The normalized spacial score (nSPS) is 29.4. The SMILES string of the molecule is CCCC(Br)C1=C(Br)C(C)(O)OC1=O. The van der Waals surface area contributed by atoms with Crippen LogP contribution in [-0.4, -0.2) is 21.7 Å². The van der Waals surface area contributed by atoms with Crippen molar-refractivity contribution in [1.82, 2.24) is 0 Å². The maximum atomic E-state index is 11.4. The molecule has 0 aliphatic carbocycles. The van der Waals surface area contributed by atoms with Gasteiger partial charge in [0.15, 0.2) is 0 Å². The van der Waals surface area contributed by atoms with Crippen LogP contribution in [0.3, 0.4) is 0 Å². The molecule has 1 heterocycles. The van der Waals surface area contributed by atoms with Gasteiger partial charge in [-0.1, -0.05) is 29.3 Å². The van der Waals surface area contributed by atoms with E-state index in [0.29, 0.717) is 10.1 Å². The molecule has 1 aliphatic rings. The average molecular weight is 328 g/mol. The molecule has 14 heavy (non-hydrogen) atoms. The van der Waals surface area contributed by atoms with Crippen LogP contribution in [0.15, 0.2) is 10.1 Å². The predicted octanol–water partition coefficient (Wildman–Crippen LogP) is 2.46. The number of hydrogen-bond acceptors (Lipinski definition) is 3. The summed E-state index contributed by atoms with van der Waals surface area (Å²) in [6.07, 6.45) is 1.78. The summed E-state index contributed by atoms with van der Waals surface area (Å²) >= 11 is 6.59. The molecule has 3 nitrogen and oxygen atoms in total. The highest BCUT2D eigenvalue weighted by Crippen LogP contribution is 2.39. The first kappa shape index (κ1) is 12.2. The Bertz CT molecular complexity index is 284. The molecule has 0 aromatic heterocycles. The lowest BCUT2D eigenvalue weighted by Crippen LogP contribution is -2.24. The number of halogens is 2. The Morgan fingerprint density at radius 2 is 2.21 bits per heavy atom. The quantitative estimate of drug-likeness (QED) is 0.640.